The molecule has 0 aromatic heterocycles. The van der Waals surface area contributed by atoms with E-state index in [0.29, 0.717) is 6.79 Å². The van der Waals surface area contributed by atoms with Crippen molar-refractivity contribution >= 4 is 0 Å². The number of allylic oxidation sites excluding steroid dienone is 1. The highest BCUT2D eigenvalue weighted by molar-refractivity contribution is 4.81. The van der Waals surface area contributed by atoms with Crippen molar-refractivity contribution in [3.8, 4) is 0 Å². The van der Waals surface area contributed by atoms with Crippen LogP contribution in [0.1, 0.15) is 77.0 Å². The first-order chi connectivity index (χ1) is 11.9. The summed E-state index contributed by atoms with van der Waals surface area (Å²) < 4.78 is 21.4. The third kappa shape index (κ3) is 14.0. The summed E-state index contributed by atoms with van der Waals surface area (Å²) in [6.07, 6.45) is 19.4. The number of methoxy groups -OCH3 is 1. The van der Waals surface area contributed by atoms with Gasteiger partial charge in [-0.25, -0.2) is 0 Å². The first kappa shape index (κ1) is 21.6. The molecule has 24 heavy (non-hydrogen) atoms. The summed E-state index contributed by atoms with van der Waals surface area (Å²) in [4.78, 5) is 0. The van der Waals surface area contributed by atoms with Crippen LogP contribution in [0.3, 0.4) is 0 Å². The number of unbranched alkanes of at least 4 members (excludes halogenated alkanes) is 7. The fourth-order valence-electron chi connectivity index (χ4n) is 2.83. The van der Waals surface area contributed by atoms with E-state index in [2.05, 4.69) is 12.2 Å². The van der Waals surface area contributed by atoms with Crippen LogP contribution in [0.25, 0.3) is 0 Å². The van der Waals surface area contributed by atoms with E-state index in [9.17, 15) is 0 Å². The van der Waals surface area contributed by atoms with E-state index in [1.807, 2.05) is 0 Å². The van der Waals surface area contributed by atoms with Gasteiger partial charge < -0.3 is 18.9 Å². The first-order valence-electron chi connectivity index (χ1n) is 9.88. The summed E-state index contributed by atoms with van der Waals surface area (Å²) in [5.74, 6) is 0. The highest BCUT2D eigenvalue weighted by Gasteiger charge is 2.13. The predicted octanol–water partition coefficient (Wildman–Crippen LogP) is 5.22. The average Bonchev–Trinajstić information content (AvgIpc) is 2.62. The molecular formula is C20H38O4. The van der Waals surface area contributed by atoms with E-state index in [1.165, 1.54) is 64.2 Å². The maximum Gasteiger partial charge on any atom is 0.157 e. The largest absolute Gasteiger partial charge is 0.359 e. The van der Waals surface area contributed by atoms with E-state index in [1.54, 1.807) is 7.11 Å². The maximum absolute atomic E-state index is 5.75. The minimum atomic E-state index is 0.0818. The topological polar surface area (TPSA) is 36.9 Å². The maximum atomic E-state index is 5.75. The molecule has 1 fully saturated rings. The minimum Gasteiger partial charge on any atom is -0.359 e. The normalized spacial score (nSPS) is 18.5. The summed E-state index contributed by atoms with van der Waals surface area (Å²) in [7, 11) is 1.65. The molecule has 4 nitrogen and oxygen atoms in total. The molecule has 1 atom stereocenters. The molecule has 1 rings (SSSR count). The zero-order valence-electron chi connectivity index (χ0n) is 15.7. The Balaban J connectivity index is 1.70. The van der Waals surface area contributed by atoms with Gasteiger partial charge in [0.2, 0.25) is 0 Å². The Morgan fingerprint density at radius 1 is 0.875 bits per heavy atom. The Morgan fingerprint density at radius 2 is 1.62 bits per heavy atom. The molecule has 0 aromatic rings. The third-order valence-corrected chi connectivity index (χ3v) is 4.25. The summed E-state index contributed by atoms with van der Waals surface area (Å²) >= 11 is 0. The van der Waals surface area contributed by atoms with Crippen LogP contribution in [-0.2, 0) is 18.9 Å². The van der Waals surface area contributed by atoms with E-state index >= 15 is 0 Å². The van der Waals surface area contributed by atoms with Gasteiger partial charge in [0.05, 0.1) is 6.61 Å². The Labute approximate surface area is 148 Å². The molecule has 1 saturated heterocycles. The highest BCUT2D eigenvalue weighted by Crippen LogP contribution is 2.14. The van der Waals surface area contributed by atoms with Crippen LogP contribution in [0.4, 0.5) is 0 Å². The standard InChI is InChI=1S/C20H38O4/c1-21-19-22-16-12-9-7-5-3-2-4-6-8-10-13-17-23-20-15-11-14-18-24-20/h7,9,20H,2-6,8,10-19H2,1H3/b9-7+. The van der Waals surface area contributed by atoms with Crippen LogP contribution in [0.5, 0.6) is 0 Å². The predicted molar refractivity (Wildman–Crippen MR) is 98.1 cm³/mol. The lowest BCUT2D eigenvalue weighted by molar-refractivity contribution is -0.162. The summed E-state index contributed by atoms with van der Waals surface area (Å²) in [6, 6.07) is 0. The van der Waals surface area contributed by atoms with Gasteiger partial charge in [-0.15, -0.1) is 0 Å². The minimum absolute atomic E-state index is 0.0818. The van der Waals surface area contributed by atoms with Crippen molar-refractivity contribution in [1.82, 2.24) is 0 Å². The third-order valence-electron chi connectivity index (χ3n) is 4.25. The average molecular weight is 343 g/mol. The van der Waals surface area contributed by atoms with E-state index < -0.39 is 0 Å². The van der Waals surface area contributed by atoms with E-state index in [-0.39, 0.29) is 6.29 Å². The molecule has 1 unspecified atom stereocenters. The summed E-state index contributed by atoms with van der Waals surface area (Å²) in [6.45, 7) is 2.89. The zero-order chi connectivity index (χ0) is 17.1. The van der Waals surface area contributed by atoms with Gasteiger partial charge in [-0.3, -0.25) is 0 Å². The van der Waals surface area contributed by atoms with Gasteiger partial charge in [-0.05, 0) is 44.9 Å². The SMILES string of the molecule is COCOCC/C=C/CCCCCCCCCOC1CCCCO1. The van der Waals surface area contributed by atoms with Crippen molar-refractivity contribution in [3.05, 3.63) is 12.2 Å². The van der Waals surface area contributed by atoms with Crippen molar-refractivity contribution in [1.29, 1.82) is 0 Å². The molecule has 0 radical (unpaired) electrons. The molecule has 1 aliphatic rings. The lowest BCUT2D eigenvalue weighted by Crippen LogP contribution is -2.22. The number of hydrogen-bond donors (Lipinski definition) is 0. The second-order valence-electron chi connectivity index (χ2n) is 6.51. The molecule has 0 spiro atoms. The quantitative estimate of drug-likeness (QED) is 0.219. The van der Waals surface area contributed by atoms with Gasteiger partial charge in [0.1, 0.15) is 6.79 Å². The van der Waals surface area contributed by atoms with Gasteiger partial charge in [0.15, 0.2) is 6.29 Å². The molecular weight excluding hydrogens is 304 g/mol. The van der Waals surface area contributed by atoms with Crippen LogP contribution >= 0.6 is 0 Å². The van der Waals surface area contributed by atoms with E-state index in [0.717, 1.165) is 32.7 Å². The Hall–Kier alpha value is -0.420. The molecule has 0 saturated carbocycles. The summed E-state index contributed by atoms with van der Waals surface area (Å²) in [5.41, 5.74) is 0. The van der Waals surface area contributed by atoms with Crippen LogP contribution in [-0.4, -0.2) is 40.0 Å². The lowest BCUT2D eigenvalue weighted by Gasteiger charge is -2.22. The number of rotatable bonds is 16. The number of hydrogen-bond acceptors (Lipinski definition) is 4. The molecule has 1 aliphatic heterocycles. The molecule has 0 bridgehead atoms. The van der Waals surface area contributed by atoms with Crippen molar-refractivity contribution < 1.29 is 18.9 Å². The fourth-order valence-corrected chi connectivity index (χ4v) is 2.83. The summed E-state index contributed by atoms with van der Waals surface area (Å²) in [5, 5.41) is 0. The molecule has 0 N–H and O–H groups in total. The second kappa shape index (κ2) is 17.4. The van der Waals surface area contributed by atoms with E-state index in [4.69, 9.17) is 18.9 Å². The van der Waals surface area contributed by atoms with Gasteiger partial charge in [-0.1, -0.05) is 44.3 Å². The van der Waals surface area contributed by atoms with Gasteiger partial charge in [-0.2, -0.15) is 0 Å². The van der Waals surface area contributed by atoms with Crippen molar-refractivity contribution in [3.63, 3.8) is 0 Å². The van der Waals surface area contributed by atoms with Crippen molar-refractivity contribution in [2.45, 2.75) is 83.3 Å². The van der Waals surface area contributed by atoms with Crippen LogP contribution in [0, 0.1) is 0 Å². The monoisotopic (exact) mass is 342 g/mol. The zero-order valence-corrected chi connectivity index (χ0v) is 15.7. The Kier molecular flexibility index (Phi) is 15.7. The lowest BCUT2D eigenvalue weighted by atomic mass is 10.1. The number of ether oxygens (including phenoxy) is 4. The van der Waals surface area contributed by atoms with Gasteiger partial charge in [0.25, 0.3) is 0 Å². The van der Waals surface area contributed by atoms with Gasteiger partial charge >= 0.3 is 0 Å². The Bertz CT molecular complexity index is 275. The highest BCUT2D eigenvalue weighted by atomic mass is 16.7. The molecule has 0 aliphatic carbocycles. The Morgan fingerprint density at radius 3 is 2.38 bits per heavy atom. The van der Waals surface area contributed by atoms with Crippen molar-refractivity contribution in [2.75, 3.05) is 33.7 Å². The fraction of sp³-hybridized carbons (Fsp3) is 0.900. The first-order valence-corrected chi connectivity index (χ1v) is 9.88. The molecule has 142 valence electrons. The van der Waals surface area contributed by atoms with Crippen LogP contribution < -0.4 is 0 Å². The van der Waals surface area contributed by atoms with Crippen molar-refractivity contribution in [2.24, 2.45) is 0 Å². The molecule has 0 aromatic carbocycles. The van der Waals surface area contributed by atoms with Crippen LogP contribution in [0.15, 0.2) is 12.2 Å². The molecule has 1 heterocycles. The van der Waals surface area contributed by atoms with Gasteiger partial charge in [0, 0.05) is 20.3 Å². The second-order valence-corrected chi connectivity index (χ2v) is 6.51. The molecule has 4 heteroatoms. The van der Waals surface area contributed by atoms with Crippen LogP contribution in [0.2, 0.25) is 0 Å². The smallest absolute Gasteiger partial charge is 0.157 e. The molecule has 0 amide bonds.